The van der Waals surface area contributed by atoms with Crippen molar-refractivity contribution in [1.29, 1.82) is 0 Å². The van der Waals surface area contributed by atoms with Crippen molar-refractivity contribution >= 4 is 5.95 Å². The van der Waals surface area contributed by atoms with Crippen molar-refractivity contribution in [2.45, 2.75) is 32.7 Å². The quantitative estimate of drug-likeness (QED) is 0.603. The summed E-state index contributed by atoms with van der Waals surface area (Å²) in [6, 6.07) is 0. The maximum atomic E-state index is 4.43. The van der Waals surface area contributed by atoms with Gasteiger partial charge in [-0.05, 0) is 0 Å². The fourth-order valence-electron chi connectivity index (χ4n) is 1.84. The molecule has 0 unspecified atom stereocenters. The number of hydrogen-bond donors (Lipinski definition) is 0. The Morgan fingerprint density at radius 1 is 1.31 bits per heavy atom. The van der Waals surface area contributed by atoms with E-state index in [0.29, 0.717) is 0 Å². The predicted octanol–water partition coefficient (Wildman–Crippen LogP) is 1.63. The van der Waals surface area contributed by atoms with Gasteiger partial charge >= 0.3 is 0 Å². The Bertz CT molecular complexity index is 319. The molecule has 0 atom stereocenters. The fraction of sp³-hybridized carbons (Fsp3) is 0.700. The molecule has 0 aliphatic carbocycles. The Morgan fingerprint density at radius 3 is 2.62 bits per heavy atom. The van der Waals surface area contributed by atoms with Crippen LogP contribution in [0, 0.1) is 0 Å². The normalized spacial score (nSPS) is 16.5. The van der Waals surface area contributed by atoms with E-state index in [1.807, 2.05) is 6.20 Å². The highest BCUT2D eigenvalue weighted by Crippen LogP contribution is 2.28. The van der Waals surface area contributed by atoms with Crippen LogP contribution in [0.5, 0.6) is 0 Å². The first-order valence-corrected chi connectivity index (χ1v) is 4.77. The topological polar surface area (TPSA) is 21.1 Å². The first kappa shape index (κ1) is 8.60. The van der Waals surface area contributed by atoms with Crippen LogP contribution in [0.2, 0.25) is 0 Å². The van der Waals surface area contributed by atoms with E-state index in [4.69, 9.17) is 0 Å². The van der Waals surface area contributed by atoms with Gasteiger partial charge < -0.3 is 9.47 Å². The molecule has 0 aromatic carbocycles. The molecule has 3 heteroatoms. The summed E-state index contributed by atoms with van der Waals surface area (Å²) >= 11 is 0. The van der Waals surface area contributed by atoms with Crippen LogP contribution < -0.4 is 4.90 Å². The molecule has 72 valence electrons. The van der Waals surface area contributed by atoms with Crippen molar-refractivity contribution in [1.82, 2.24) is 9.55 Å². The summed E-state index contributed by atoms with van der Waals surface area (Å²) in [6.45, 7) is 8.87. The zero-order valence-electron chi connectivity index (χ0n) is 8.83. The minimum Gasteiger partial charge on any atom is -0.344 e. The van der Waals surface area contributed by atoms with Crippen molar-refractivity contribution in [2.24, 2.45) is 0 Å². The molecule has 0 bridgehead atoms. The molecule has 2 rings (SSSR count). The average Bonchev–Trinajstić information content (AvgIpc) is 2.51. The average molecular weight is 179 g/mol. The van der Waals surface area contributed by atoms with E-state index >= 15 is 0 Å². The lowest BCUT2D eigenvalue weighted by atomic mass is 9.93. The number of aromatic nitrogens is 2. The van der Waals surface area contributed by atoms with Gasteiger partial charge in [0.25, 0.3) is 0 Å². The van der Waals surface area contributed by atoms with E-state index in [1.165, 1.54) is 5.69 Å². The van der Waals surface area contributed by atoms with Crippen LogP contribution in [0.3, 0.4) is 0 Å². The Labute approximate surface area is 79.4 Å². The molecule has 3 nitrogen and oxygen atoms in total. The molecule has 0 radical (unpaired) electrons. The van der Waals surface area contributed by atoms with Gasteiger partial charge in [0.05, 0.1) is 6.20 Å². The molecule has 1 aliphatic heterocycles. The van der Waals surface area contributed by atoms with Gasteiger partial charge in [-0.2, -0.15) is 0 Å². The molecule has 2 heterocycles. The number of likely N-dealkylation sites (N-methyl/N-ethyl adjacent to an activating group) is 1. The number of nitrogens with zero attached hydrogens (tertiary/aromatic N) is 3. The number of fused-ring (bicyclic) bond motifs is 1. The van der Waals surface area contributed by atoms with Crippen LogP contribution in [0.25, 0.3) is 0 Å². The molecular formula is C10H17N3. The maximum absolute atomic E-state index is 4.43. The standard InChI is InChI=1S/C10H17N3/c1-10(2,3)8-7-11-9-12(4)5-6-13(8)9/h7H,5-6H2,1-4H3. The van der Waals surface area contributed by atoms with Gasteiger partial charge in [0, 0.05) is 31.2 Å². The third-order valence-corrected chi connectivity index (χ3v) is 2.60. The van der Waals surface area contributed by atoms with Crippen molar-refractivity contribution in [3.8, 4) is 0 Å². The van der Waals surface area contributed by atoms with Crippen molar-refractivity contribution < 1.29 is 0 Å². The molecule has 1 aromatic heterocycles. The lowest BCUT2D eigenvalue weighted by Crippen LogP contribution is -2.16. The summed E-state index contributed by atoms with van der Waals surface area (Å²) in [5, 5.41) is 0. The molecule has 0 N–H and O–H groups in total. The summed E-state index contributed by atoms with van der Waals surface area (Å²) in [4.78, 5) is 6.64. The van der Waals surface area contributed by atoms with E-state index in [2.05, 4.69) is 42.3 Å². The summed E-state index contributed by atoms with van der Waals surface area (Å²) in [5.74, 6) is 1.12. The van der Waals surface area contributed by atoms with Crippen LogP contribution >= 0.6 is 0 Å². The monoisotopic (exact) mass is 179 g/mol. The number of hydrogen-bond acceptors (Lipinski definition) is 2. The zero-order chi connectivity index (χ0) is 9.64. The molecule has 1 aliphatic rings. The molecule has 1 aromatic rings. The van der Waals surface area contributed by atoms with E-state index in [0.717, 1.165) is 19.0 Å². The van der Waals surface area contributed by atoms with E-state index in [-0.39, 0.29) is 5.41 Å². The summed E-state index contributed by atoms with van der Waals surface area (Å²) in [5.41, 5.74) is 1.54. The largest absolute Gasteiger partial charge is 0.344 e. The van der Waals surface area contributed by atoms with Gasteiger partial charge in [-0.15, -0.1) is 0 Å². The summed E-state index contributed by atoms with van der Waals surface area (Å²) in [7, 11) is 2.10. The maximum Gasteiger partial charge on any atom is 0.205 e. The summed E-state index contributed by atoms with van der Waals surface area (Å²) in [6.07, 6.45) is 2.00. The highest BCUT2D eigenvalue weighted by Gasteiger charge is 2.26. The lowest BCUT2D eigenvalue weighted by Gasteiger charge is -2.19. The number of imidazole rings is 1. The highest BCUT2D eigenvalue weighted by molar-refractivity contribution is 5.38. The molecule has 13 heavy (non-hydrogen) atoms. The first-order chi connectivity index (χ1) is 6.00. The second-order valence-corrected chi connectivity index (χ2v) is 4.77. The molecule has 0 saturated carbocycles. The van der Waals surface area contributed by atoms with Gasteiger partial charge in [-0.1, -0.05) is 20.8 Å². The first-order valence-electron chi connectivity index (χ1n) is 4.77. The van der Waals surface area contributed by atoms with E-state index < -0.39 is 0 Å². The Kier molecular flexibility index (Phi) is 1.65. The van der Waals surface area contributed by atoms with Crippen LogP contribution in [0.15, 0.2) is 6.20 Å². The second kappa shape index (κ2) is 2.50. The van der Waals surface area contributed by atoms with Gasteiger partial charge in [0.15, 0.2) is 0 Å². The number of rotatable bonds is 0. The minimum absolute atomic E-state index is 0.205. The Hall–Kier alpha value is -0.990. The Morgan fingerprint density at radius 2 is 2.00 bits per heavy atom. The SMILES string of the molecule is CN1CCn2c(C(C)(C)C)cnc21. The zero-order valence-corrected chi connectivity index (χ0v) is 8.83. The van der Waals surface area contributed by atoms with Crippen LogP contribution in [0.4, 0.5) is 5.95 Å². The van der Waals surface area contributed by atoms with Crippen molar-refractivity contribution in [3.05, 3.63) is 11.9 Å². The third-order valence-electron chi connectivity index (χ3n) is 2.60. The van der Waals surface area contributed by atoms with Crippen LogP contribution in [0.1, 0.15) is 26.5 Å². The second-order valence-electron chi connectivity index (χ2n) is 4.77. The molecule has 0 spiro atoms. The summed E-state index contributed by atoms with van der Waals surface area (Å²) < 4.78 is 2.32. The lowest BCUT2D eigenvalue weighted by molar-refractivity contribution is 0.533. The van der Waals surface area contributed by atoms with Gasteiger partial charge in [-0.25, -0.2) is 4.98 Å². The Balaban J connectivity index is 2.47. The van der Waals surface area contributed by atoms with Gasteiger partial charge in [-0.3, -0.25) is 0 Å². The van der Waals surface area contributed by atoms with E-state index in [1.54, 1.807) is 0 Å². The van der Waals surface area contributed by atoms with Crippen LogP contribution in [-0.4, -0.2) is 23.1 Å². The van der Waals surface area contributed by atoms with Gasteiger partial charge in [0.1, 0.15) is 0 Å². The van der Waals surface area contributed by atoms with Crippen molar-refractivity contribution in [2.75, 3.05) is 18.5 Å². The number of anilines is 1. The third kappa shape index (κ3) is 1.23. The van der Waals surface area contributed by atoms with E-state index in [9.17, 15) is 0 Å². The van der Waals surface area contributed by atoms with Crippen molar-refractivity contribution in [3.63, 3.8) is 0 Å². The van der Waals surface area contributed by atoms with Gasteiger partial charge in [0.2, 0.25) is 5.95 Å². The molecule has 0 amide bonds. The minimum atomic E-state index is 0.205. The molecule has 0 fully saturated rings. The molecule has 0 saturated heterocycles. The smallest absolute Gasteiger partial charge is 0.205 e. The van der Waals surface area contributed by atoms with Crippen LogP contribution in [-0.2, 0) is 12.0 Å². The highest BCUT2D eigenvalue weighted by atomic mass is 15.4. The fourth-order valence-corrected chi connectivity index (χ4v) is 1.84. The molecular weight excluding hydrogens is 162 g/mol. The predicted molar refractivity (Wildman–Crippen MR) is 54.2 cm³/mol.